The Morgan fingerprint density at radius 2 is 1.76 bits per heavy atom. The van der Waals surface area contributed by atoms with Crippen molar-refractivity contribution in [1.29, 1.82) is 0 Å². The van der Waals surface area contributed by atoms with Crippen LogP contribution in [-0.4, -0.2) is 20.6 Å². The minimum Gasteiger partial charge on any atom is -0.481 e. The van der Waals surface area contributed by atoms with E-state index in [9.17, 15) is 4.79 Å². The van der Waals surface area contributed by atoms with E-state index in [0.717, 1.165) is 25.8 Å². The Kier molecular flexibility index (Phi) is 9.53. The summed E-state index contributed by atoms with van der Waals surface area (Å²) >= 11 is 0. The summed E-state index contributed by atoms with van der Waals surface area (Å²) in [7, 11) is 0. The molecule has 1 aromatic heterocycles. The Hall–Kier alpha value is -1.03. The first-order valence-corrected chi connectivity index (χ1v) is 5.96. The Balaban J connectivity index is 0.00000256. The average molecular weight is 261 g/mol. The van der Waals surface area contributed by atoms with E-state index in [2.05, 4.69) is 9.55 Å². The smallest absolute Gasteiger partial charge is 0.303 e. The quantitative estimate of drug-likeness (QED) is 0.694. The molecule has 5 heteroatoms. The maximum absolute atomic E-state index is 10.3. The van der Waals surface area contributed by atoms with E-state index >= 15 is 0 Å². The SMILES string of the molecule is Cl.O=C(O)CCCCCCCCn1ccnc1. The van der Waals surface area contributed by atoms with Gasteiger partial charge in [-0.2, -0.15) is 0 Å². The number of rotatable bonds is 9. The van der Waals surface area contributed by atoms with Gasteiger partial charge >= 0.3 is 5.97 Å². The summed E-state index contributed by atoms with van der Waals surface area (Å²) in [4.78, 5) is 14.2. The van der Waals surface area contributed by atoms with Gasteiger partial charge in [0.2, 0.25) is 0 Å². The number of hydrogen-bond acceptors (Lipinski definition) is 2. The molecule has 0 spiro atoms. The van der Waals surface area contributed by atoms with E-state index in [1.807, 2.05) is 12.5 Å². The zero-order chi connectivity index (χ0) is 11.6. The first-order valence-electron chi connectivity index (χ1n) is 5.96. The number of aromatic nitrogens is 2. The van der Waals surface area contributed by atoms with Crippen LogP contribution in [-0.2, 0) is 11.3 Å². The first kappa shape index (κ1) is 16.0. The molecule has 4 nitrogen and oxygen atoms in total. The highest BCUT2D eigenvalue weighted by molar-refractivity contribution is 5.85. The molecule has 0 fully saturated rings. The molecular formula is C12H21ClN2O2. The highest BCUT2D eigenvalue weighted by Gasteiger charge is 1.96. The van der Waals surface area contributed by atoms with E-state index in [-0.39, 0.29) is 12.4 Å². The number of carbonyl (C=O) groups is 1. The summed E-state index contributed by atoms with van der Waals surface area (Å²) in [6.45, 7) is 1.04. The van der Waals surface area contributed by atoms with E-state index in [1.165, 1.54) is 19.3 Å². The molecule has 98 valence electrons. The van der Waals surface area contributed by atoms with Crippen molar-refractivity contribution < 1.29 is 9.90 Å². The molecule has 0 aromatic carbocycles. The molecule has 1 heterocycles. The fraction of sp³-hybridized carbons (Fsp3) is 0.667. The third kappa shape index (κ3) is 8.74. The van der Waals surface area contributed by atoms with Crippen LogP contribution in [0.2, 0.25) is 0 Å². The topological polar surface area (TPSA) is 55.1 Å². The second-order valence-electron chi connectivity index (χ2n) is 4.07. The van der Waals surface area contributed by atoms with Crippen LogP contribution in [0, 0.1) is 0 Å². The number of carboxylic acid groups (broad SMARTS) is 1. The van der Waals surface area contributed by atoms with Crippen LogP contribution < -0.4 is 0 Å². The number of unbranched alkanes of at least 4 members (excludes halogenated alkanes) is 5. The Labute approximate surface area is 108 Å². The molecule has 0 saturated heterocycles. The fourth-order valence-corrected chi connectivity index (χ4v) is 1.70. The predicted octanol–water partition coefficient (Wildman–Crippen LogP) is 3.12. The van der Waals surface area contributed by atoms with Crippen LogP contribution in [0.15, 0.2) is 18.7 Å². The van der Waals surface area contributed by atoms with E-state index < -0.39 is 5.97 Å². The lowest BCUT2D eigenvalue weighted by atomic mass is 10.1. The largest absolute Gasteiger partial charge is 0.481 e. The van der Waals surface area contributed by atoms with Gasteiger partial charge in [-0.15, -0.1) is 12.4 Å². The third-order valence-corrected chi connectivity index (χ3v) is 2.62. The van der Waals surface area contributed by atoms with Crippen LogP contribution in [0.3, 0.4) is 0 Å². The van der Waals surface area contributed by atoms with Gasteiger partial charge in [0.15, 0.2) is 0 Å². The molecule has 17 heavy (non-hydrogen) atoms. The van der Waals surface area contributed by atoms with Gasteiger partial charge in [-0.05, 0) is 12.8 Å². The Morgan fingerprint density at radius 3 is 2.35 bits per heavy atom. The van der Waals surface area contributed by atoms with E-state index in [0.29, 0.717) is 6.42 Å². The van der Waals surface area contributed by atoms with Crippen molar-refractivity contribution in [1.82, 2.24) is 9.55 Å². The normalized spacial score (nSPS) is 9.88. The number of halogens is 1. The lowest BCUT2D eigenvalue weighted by Crippen LogP contribution is -1.95. The zero-order valence-electron chi connectivity index (χ0n) is 10.0. The van der Waals surface area contributed by atoms with Crippen molar-refractivity contribution >= 4 is 18.4 Å². The van der Waals surface area contributed by atoms with Crippen LogP contribution in [0.1, 0.15) is 44.9 Å². The molecule has 1 rings (SSSR count). The standard InChI is InChI=1S/C12H20N2O2.ClH/c15-12(16)7-5-3-1-2-4-6-9-14-10-8-13-11-14;/h8,10-11H,1-7,9H2,(H,15,16);1H. The van der Waals surface area contributed by atoms with Crippen molar-refractivity contribution in [3.05, 3.63) is 18.7 Å². The van der Waals surface area contributed by atoms with Gasteiger partial charge in [0, 0.05) is 25.4 Å². The maximum atomic E-state index is 10.3. The van der Waals surface area contributed by atoms with Crippen LogP contribution in [0.25, 0.3) is 0 Å². The lowest BCUT2D eigenvalue weighted by molar-refractivity contribution is -0.137. The molecule has 0 bridgehead atoms. The van der Waals surface area contributed by atoms with E-state index in [1.54, 1.807) is 6.20 Å². The summed E-state index contributed by atoms with van der Waals surface area (Å²) in [6.07, 6.45) is 12.5. The van der Waals surface area contributed by atoms with Crippen LogP contribution in [0.4, 0.5) is 0 Å². The summed E-state index contributed by atoms with van der Waals surface area (Å²) in [5.41, 5.74) is 0. The molecule has 0 amide bonds. The minimum absolute atomic E-state index is 0. The van der Waals surface area contributed by atoms with E-state index in [4.69, 9.17) is 5.11 Å². The minimum atomic E-state index is -0.680. The molecule has 0 radical (unpaired) electrons. The number of aliphatic carboxylic acids is 1. The molecule has 0 saturated carbocycles. The number of imidazole rings is 1. The van der Waals surface area contributed by atoms with Gasteiger partial charge < -0.3 is 9.67 Å². The highest BCUT2D eigenvalue weighted by atomic mass is 35.5. The molecule has 0 unspecified atom stereocenters. The van der Waals surface area contributed by atoms with Gasteiger partial charge in [0.05, 0.1) is 6.33 Å². The maximum Gasteiger partial charge on any atom is 0.303 e. The number of carboxylic acids is 1. The Bertz CT molecular complexity index is 289. The van der Waals surface area contributed by atoms with Crippen LogP contribution >= 0.6 is 12.4 Å². The predicted molar refractivity (Wildman–Crippen MR) is 69.4 cm³/mol. The van der Waals surface area contributed by atoms with Crippen molar-refractivity contribution in [2.45, 2.75) is 51.5 Å². The highest BCUT2D eigenvalue weighted by Crippen LogP contribution is 2.07. The van der Waals surface area contributed by atoms with Crippen molar-refractivity contribution in [2.75, 3.05) is 0 Å². The number of hydrogen-bond donors (Lipinski definition) is 1. The molecular weight excluding hydrogens is 240 g/mol. The van der Waals surface area contributed by atoms with Gasteiger partial charge in [0.25, 0.3) is 0 Å². The zero-order valence-corrected chi connectivity index (χ0v) is 10.9. The second-order valence-corrected chi connectivity index (χ2v) is 4.07. The summed E-state index contributed by atoms with van der Waals surface area (Å²) < 4.78 is 2.09. The third-order valence-electron chi connectivity index (χ3n) is 2.62. The van der Waals surface area contributed by atoms with Crippen molar-refractivity contribution in [3.8, 4) is 0 Å². The monoisotopic (exact) mass is 260 g/mol. The molecule has 1 aromatic rings. The summed E-state index contributed by atoms with van der Waals surface area (Å²) in [6, 6.07) is 0. The average Bonchev–Trinajstić information content (AvgIpc) is 2.74. The molecule has 0 aliphatic heterocycles. The van der Waals surface area contributed by atoms with Gasteiger partial charge in [0.1, 0.15) is 0 Å². The second kappa shape index (κ2) is 10.1. The lowest BCUT2D eigenvalue weighted by Gasteiger charge is -2.02. The number of aryl methyl sites for hydroxylation is 1. The Morgan fingerprint density at radius 1 is 1.12 bits per heavy atom. The first-order chi connectivity index (χ1) is 7.79. The fourth-order valence-electron chi connectivity index (χ4n) is 1.70. The van der Waals surface area contributed by atoms with Gasteiger partial charge in [-0.3, -0.25) is 4.79 Å². The molecule has 0 aliphatic rings. The van der Waals surface area contributed by atoms with Gasteiger partial charge in [-0.1, -0.05) is 25.7 Å². The molecule has 0 aliphatic carbocycles. The number of nitrogens with zero attached hydrogens (tertiary/aromatic N) is 2. The van der Waals surface area contributed by atoms with Crippen LogP contribution in [0.5, 0.6) is 0 Å². The van der Waals surface area contributed by atoms with Crippen molar-refractivity contribution in [2.24, 2.45) is 0 Å². The molecule has 1 N–H and O–H groups in total. The summed E-state index contributed by atoms with van der Waals surface area (Å²) in [5, 5.41) is 8.45. The summed E-state index contributed by atoms with van der Waals surface area (Å²) in [5.74, 6) is -0.680. The van der Waals surface area contributed by atoms with Crippen molar-refractivity contribution in [3.63, 3.8) is 0 Å². The molecule has 0 atom stereocenters. The van der Waals surface area contributed by atoms with Gasteiger partial charge in [-0.25, -0.2) is 4.98 Å².